The molecule has 0 radical (unpaired) electrons. The standard InChI is InChI=1S/C19H18N2O2S/c1-13(14-8-4-3-5-9-14)20-18(22)12-17-19(23)21(2)15-10-6-7-11-16(15)24-17/h3-13H,1-2H3,(H,20,22)/b17-12+/t13-/m0/s1. The fourth-order valence-electron chi connectivity index (χ4n) is 2.55. The van der Waals surface area contributed by atoms with E-state index >= 15 is 0 Å². The lowest BCUT2D eigenvalue weighted by molar-refractivity contribution is -0.118. The summed E-state index contributed by atoms with van der Waals surface area (Å²) in [6, 6.07) is 17.3. The Hall–Kier alpha value is -2.53. The maximum absolute atomic E-state index is 12.4. The van der Waals surface area contributed by atoms with Crippen LogP contribution in [0.25, 0.3) is 0 Å². The van der Waals surface area contributed by atoms with Gasteiger partial charge in [-0.1, -0.05) is 54.2 Å². The number of hydrogen-bond acceptors (Lipinski definition) is 3. The number of amides is 2. The first-order valence-corrected chi connectivity index (χ1v) is 8.50. The first-order valence-electron chi connectivity index (χ1n) is 7.68. The molecule has 1 aliphatic rings. The van der Waals surface area contributed by atoms with Crippen molar-refractivity contribution in [1.82, 2.24) is 5.32 Å². The summed E-state index contributed by atoms with van der Waals surface area (Å²) >= 11 is 1.33. The fourth-order valence-corrected chi connectivity index (χ4v) is 3.63. The fraction of sp³-hybridized carbons (Fsp3) is 0.158. The smallest absolute Gasteiger partial charge is 0.265 e. The van der Waals surface area contributed by atoms with Gasteiger partial charge in [0.15, 0.2) is 0 Å². The normalized spacial score (nSPS) is 16.7. The van der Waals surface area contributed by atoms with E-state index in [1.807, 2.05) is 61.5 Å². The molecule has 0 aliphatic carbocycles. The average Bonchev–Trinajstić information content (AvgIpc) is 2.60. The summed E-state index contributed by atoms with van der Waals surface area (Å²) in [6.07, 6.45) is 1.39. The number of carbonyl (C=O) groups excluding carboxylic acids is 2. The van der Waals surface area contributed by atoms with Crippen LogP contribution >= 0.6 is 11.8 Å². The highest BCUT2D eigenvalue weighted by atomic mass is 32.2. The molecule has 0 saturated heterocycles. The predicted molar refractivity (Wildman–Crippen MR) is 96.8 cm³/mol. The Morgan fingerprint density at radius 2 is 1.79 bits per heavy atom. The number of thioether (sulfide) groups is 1. The van der Waals surface area contributed by atoms with E-state index in [4.69, 9.17) is 0 Å². The van der Waals surface area contributed by atoms with E-state index in [-0.39, 0.29) is 17.9 Å². The zero-order valence-electron chi connectivity index (χ0n) is 13.5. The largest absolute Gasteiger partial charge is 0.346 e. The lowest BCUT2D eigenvalue weighted by Gasteiger charge is -2.26. The molecule has 1 heterocycles. The average molecular weight is 338 g/mol. The third-order valence-electron chi connectivity index (χ3n) is 3.88. The predicted octanol–water partition coefficient (Wildman–Crippen LogP) is 3.52. The molecule has 0 fully saturated rings. The first-order chi connectivity index (χ1) is 11.6. The molecule has 2 amide bonds. The molecule has 2 aromatic rings. The molecule has 24 heavy (non-hydrogen) atoms. The monoisotopic (exact) mass is 338 g/mol. The molecule has 4 nitrogen and oxygen atoms in total. The highest BCUT2D eigenvalue weighted by molar-refractivity contribution is 8.04. The lowest BCUT2D eigenvalue weighted by atomic mass is 10.1. The minimum Gasteiger partial charge on any atom is -0.346 e. The number of fused-ring (bicyclic) bond motifs is 1. The van der Waals surface area contributed by atoms with Gasteiger partial charge >= 0.3 is 0 Å². The number of nitrogens with zero attached hydrogens (tertiary/aromatic N) is 1. The van der Waals surface area contributed by atoms with E-state index in [9.17, 15) is 9.59 Å². The van der Waals surface area contributed by atoms with Gasteiger partial charge in [0.05, 0.1) is 16.6 Å². The van der Waals surface area contributed by atoms with Crippen molar-refractivity contribution < 1.29 is 9.59 Å². The van der Waals surface area contributed by atoms with Crippen LogP contribution in [0.15, 0.2) is 70.5 Å². The maximum atomic E-state index is 12.4. The van der Waals surface area contributed by atoms with Crippen LogP contribution in [0.3, 0.4) is 0 Å². The number of nitrogens with one attached hydrogen (secondary N) is 1. The van der Waals surface area contributed by atoms with Crippen LogP contribution in [0.1, 0.15) is 18.5 Å². The Morgan fingerprint density at radius 1 is 1.12 bits per heavy atom. The van der Waals surface area contributed by atoms with Gasteiger partial charge in [-0.3, -0.25) is 9.59 Å². The van der Waals surface area contributed by atoms with E-state index < -0.39 is 0 Å². The van der Waals surface area contributed by atoms with Gasteiger partial charge in [-0.05, 0) is 24.6 Å². The van der Waals surface area contributed by atoms with Crippen LogP contribution in [-0.2, 0) is 9.59 Å². The third kappa shape index (κ3) is 3.36. The molecule has 2 aromatic carbocycles. The molecular formula is C19H18N2O2S. The first kappa shape index (κ1) is 16.3. The molecule has 0 saturated carbocycles. The summed E-state index contributed by atoms with van der Waals surface area (Å²) in [6.45, 7) is 1.92. The van der Waals surface area contributed by atoms with Crippen LogP contribution in [0.4, 0.5) is 5.69 Å². The summed E-state index contributed by atoms with van der Waals surface area (Å²) in [7, 11) is 1.72. The van der Waals surface area contributed by atoms with Crippen molar-refractivity contribution >= 4 is 29.3 Å². The van der Waals surface area contributed by atoms with Gasteiger partial charge in [0, 0.05) is 18.0 Å². The maximum Gasteiger partial charge on any atom is 0.265 e. The summed E-state index contributed by atoms with van der Waals surface area (Å²) in [5.41, 5.74) is 1.89. The lowest BCUT2D eigenvalue weighted by Crippen LogP contribution is -2.32. The van der Waals surface area contributed by atoms with E-state index in [0.717, 1.165) is 16.1 Å². The topological polar surface area (TPSA) is 49.4 Å². The molecule has 1 aliphatic heterocycles. The number of likely N-dealkylation sites (N-methyl/N-ethyl adjacent to an activating group) is 1. The summed E-state index contributed by atoms with van der Waals surface area (Å²) in [4.78, 5) is 27.7. The molecule has 0 unspecified atom stereocenters. The minimum atomic E-state index is -0.269. The zero-order valence-corrected chi connectivity index (χ0v) is 14.3. The number of benzene rings is 2. The molecule has 122 valence electrons. The number of anilines is 1. The second kappa shape index (κ2) is 6.93. The van der Waals surface area contributed by atoms with Gasteiger partial charge in [0.2, 0.25) is 5.91 Å². The van der Waals surface area contributed by atoms with Crippen molar-refractivity contribution in [2.45, 2.75) is 17.9 Å². The molecular weight excluding hydrogens is 320 g/mol. The van der Waals surface area contributed by atoms with Crippen molar-refractivity contribution in [1.29, 1.82) is 0 Å². The van der Waals surface area contributed by atoms with Crippen molar-refractivity contribution in [3.05, 3.63) is 71.1 Å². The number of carbonyl (C=O) groups is 2. The van der Waals surface area contributed by atoms with Crippen LogP contribution in [0, 0.1) is 0 Å². The summed E-state index contributed by atoms with van der Waals surface area (Å²) in [5, 5.41) is 2.90. The van der Waals surface area contributed by atoms with Crippen LogP contribution in [0.2, 0.25) is 0 Å². The Bertz CT molecular complexity index is 802. The van der Waals surface area contributed by atoms with Gasteiger partial charge in [-0.15, -0.1) is 0 Å². The highest BCUT2D eigenvalue weighted by Crippen LogP contribution is 2.40. The van der Waals surface area contributed by atoms with E-state index in [2.05, 4.69) is 5.32 Å². The van der Waals surface area contributed by atoms with Gasteiger partial charge in [-0.25, -0.2) is 0 Å². The number of rotatable bonds is 3. The third-order valence-corrected chi connectivity index (χ3v) is 4.96. The number of hydrogen-bond donors (Lipinski definition) is 1. The highest BCUT2D eigenvalue weighted by Gasteiger charge is 2.26. The van der Waals surface area contributed by atoms with Crippen LogP contribution in [-0.4, -0.2) is 18.9 Å². The van der Waals surface area contributed by atoms with Crippen molar-refractivity contribution in [3.8, 4) is 0 Å². The zero-order chi connectivity index (χ0) is 17.1. The Labute approximate surface area is 145 Å². The van der Waals surface area contributed by atoms with Gasteiger partial charge in [-0.2, -0.15) is 0 Å². The van der Waals surface area contributed by atoms with Gasteiger partial charge in [0.25, 0.3) is 5.91 Å². The molecule has 0 bridgehead atoms. The van der Waals surface area contributed by atoms with Crippen LogP contribution < -0.4 is 10.2 Å². The van der Waals surface area contributed by atoms with Crippen molar-refractivity contribution in [2.75, 3.05) is 11.9 Å². The minimum absolute atomic E-state index is 0.121. The van der Waals surface area contributed by atoms with E-state index in [0.29, 0.717) is 4.91 Å². The molecule has 1 N–H and O–H groups in total. The van der Waals surface area contributed by atoms with Crippen molar-refractivity contribution in [2.24, 2.45) is 0 Å². The molecule has 3 rings (SSSR count). The summed E-state index contributed by atoms with van der Waals surface area (Å²) < 4.78 is 0. The molecule has 1 atom stereocenters. The summed E-state index contributed by atoms with van der Waals surface area (Å²) in [5.74, 6) is -0.434. The van der Waals surface area contributed by atoms with E-state index in [1.54, 1.807) is 11.9 Å². The second-order valence-electron chi connectivity index (χ2n) is 5.58. The van der Waals surface area contributed by atoms with Crippen molar-refractivity contribution in [3.63, 3.8) is 0 Å². The quantitative estimate of drug-likeness (QED) is 0.871. The second-order valence-corrected chi connectivity index (χ2v) is 6.67. The van der Waals surface area contributed by atoms with Crippen LogP contribution in [0.5, 0.6) is 0 Å². The molecule has 5 heteroatoms. The van der Waals surface area contributed by atoms with Gasteiger partial charge in [0.1, 0.15) is 0 Å². The molecule has 0 aromatic heterocycles. The SMILES string of the molecule is C[C@H](NC(=O)/C=C1/Sc2ccccc2N(C)C1=O)c1ccccc1. The number of para-hydroxylation sites is 1. The Morgan fingerprint density at radius 3 is 2.54 bits per heavy atom. The van der Waals surface area contributed by atoms with E-state index in [1.165, 1.54) is 17.8 Å². The Balaban J connectivity index is 1.76. The van der Waals surface area contributed by atoms with Gasteiger partial charge < -0.3 is 10.2 Å². The Kier molecular flexibility index (Phi) is 4.71. The molecule has 0 spiro atoms.